The molecule has 0 saturated carbocycles. The highest BCUT2D eigenvalue weighted by Gasteiger charge is 2.16. The van der Waals surface area contributed by atoms with Gasteiger partial charge in [0, 0.05) is 34.5 Å². The van der Waals surface area contributed by atoms with Gasteiger partial charge in [-0.2, -0.15) is 47.0 Å². The summed E-state index contributed by atoms with van der Waals surface area (Å²) in [6.07, 6.45) is 1.33. The average Bonchev–Trinajstić information content (AvgIpc) is 2.59. The maximum atomic E-state index is 12.2. The van der Waals surface area contributed by atoms with Crippen LogP contribution in [0.5, 0.6) is 0 Å². The molecule has 0 aromatic heterocycles. The van der Waals surface area contributed by atoms with Crippen molar-refractivity contribution in [3.63, 3.8) is 0 Å². The predicted molar refractivity (Wildman–Crippen MR) is 110 cm³/mol. The lowest BCUT2D eigenvalue weighted by Gasteiger charge is -2.18. The third kappa shape index (κ3) is 8.66. The molecule has 1 aliphatic heterocycles. The first kappa shape index (κ1) is 19.4. The number of carbonyl (C=O) groups is 1. The second-order valence-electron chi connectivity index (χ2n) is 5.12. The molecule has 1 aliphatic rings. The normalized spacial score (nSPS) is 19.7. The highest BCUT2D eigenvalue weighted by molar-refractivity contribution is 8.04. The molecule has 1 heterocycles. The molecule has 0 bridgehead atoms. The van der Waals surface area contributed by atoms with Crippen LogP contribution >= 0.6 is 47.0 Å². The van der Waals surface area contributed by atoms with E-state index in [-0.39, 0.29) is 12.1 Å². The van der Waals surface area contributed by atoms with Gasteiger partial charge in [-0.1, -0.05) is 18.2 Å². The van der Waals surface area contributed by atoms with Gasteiger partial charge in [0.05, 0.1) is 5.56 Å². The van der Waals surface area contributed by atoms with Crippen molar-refractivity contribution in [3.8, 4) is 0 Å². The predicted octanol–water partition coefficient (Wildman–Crippen LogP) is 4.55. The Labute approximate surface area is 156 Å². The molecule has 1 saturated heterocycles. The number of esters is 1. The third-order valence-corrected chi connectivity index (χ3v) is 8.07. The van der Waals surface area contributed by atoms with Gasteiger partial charge in [-0.3, -0.25) is 0 Å². The average molecular weight is 389 g/mol. The van der Waals surface area contributed by atoms with E-state index >= 15 is 0 Å². The van der Waals surface area contributed by atoms with E-state index < -0.39 is 0 Å². The van der Waals surface area contributed by atoms with Crippen LogP contribution in [-0.4, -0.2) is 58.1 Å². The van der Waals surface area contributed by atoms with E-state index in [2.05, 4.69) is 0 Å². The van der Waals surface area contributed by atoms with Crippen molar-refractivity contribution in [1.82, 2.24) is 0 Å². The monoisotopic (exact) mass is 388 g/mol. The number of carbonyl (C=O) groups excluding carboxylic acids is 1. The Morgan fingerprint density at radius 3 is 2.00 bits per heavy atom. The second-order valence-corrected chi connectivity index (χ2v) is 9.87. The third-order valence-electron chi connectivity index (χ3n) is 3.21. The van der Waals surface area contributed by atoms with Crippen LogP contribution < -0.4 is 0 Å². The Hall–Kier alpha value is 0.0900. The summed E-state index contributed by atoms with van der Waals surface area (Å²) < 4.78 is 5.74. The molecule has 1 aromatic rings. The Kier molecular flexibility index (Phi) is 10.5. The van der Waals surface area contributed by atoms with E-state index in [1.165, 1.54) is 29.4 Å². The van der Waals surface area contributed by atoms with Crippen molar-refractivity contribution in [2.75, 3.05) is 46.0 Å². The standard InChI is InChI=1S/C17H24O2S4/c18-17(15-5-2-1-3-6-15)19-16-13-22-11-9-20-7-4-8-21-10-12-23-14-16/h1-3,5-6,16H,4,7-14H2. The number of hydrogen-bond acceptors (Lipinski definition) is 6. The minimum absolute atomic E-state index is 0.00986. The first-order chi connectivity index (χ1) is 11.4. The van der Waals surface area contributed by atoms with Crippen LogP contribution in [-0.2, 0) is 4.74 Å². The van der Waals surface area contributed by atoms with Gasteiger partial charge in [-0.25, -0.2) is 4.79 Å². The minimum Gasteiger partial charge on any atom is -0.457 e. The zero-order valence-electron chi connectivity index (χ0n) is 13.3. The second kappa shape index (κ2) is 12.5. The molecule has 1 fully saturated rings. The maximum absolute atomic E-state index is 12.2. The van der Waals surface area contributed by atoms with Gasteiger partial charge in [0.15, 0.2) is 0 Å². The summed E-state index contributed by atoms with van der Waals surface area (Å²) >= 11 is 7.91. The quantitative estimate of drug-likeness (QED) is 0.690. The molecule has 1 aromatic carbocycles. The summed E-state index contributed by atoms with van der Waals surface area (Å²) in [7, 11) is 0. The summed E-state index contributed by atoms with van der Waals surface area (Å²) in [6, 6.07) is 9.31. The topological polar surface area (TPSA) is 26.3 Å². The molecular weight excluding hydrogens is 364 g/mol. The molecule has 2 nitrogen and oxygen atoms in total. The largest absolute Gasteiger partial charge is 0.457 e. The molecule has 0 aliphatic carbocycles. The van der Waals surface area contributed by atoms with Crippen LogP contribution in [0.15, 0.2) is 30.3 Å². The Balaban J connectivity index is 1.81. The molecule has 6 heteroatoms. The van der Waals surface area contributed by atoms with Gasteiger partial charge in [-0.15, -0.1) is 0 Å². The van der Waals surface area contributed by atoms with Crippen LogP contribution in [0.1, 0.15) is 16.8 Å². The van der Waals surface area contributed by atoms with E-state index in [0.29, 0.717) is 5.56 Å². The zero-order valence-corrected chi connectivity index (χ0v) is 16.5. The van der Waals surface area contributed by atoms with Crippen LogP contribution in [0.3, 0.4) is 0 Å². The van der Waals surface area contributed by atoms with E-state index in [0.717, 1.165) is 23.0 Å². The summed E-state index contributed by atoms with van der Waals surface area (Å²) in [6.45, 7) is 0. The van der Waals surface area contributed by atoms with E-state index in [4.69, 9.17) is 4.74 Å². The highest BCUT2D eigenvalue weighted by atomic mass is 32.2. The van der Waals surface area contributed by atoms with E-state index in [9.17, 15) is 4.79 Å². The number of benzene rings is 1. The first-order valence-corrected chi connectivity index (χ1v) is 12.5. The Morgan fingerprint density at radius 1 is 0.826 bits per heavy atom. The molecule has 2 rings (SSSR count). The molecule has 128 valence electrons. The van der Waals surface area contributed by atoms with Gasteiger partial charge >= 0.3 is 5.97 Å². The van der Waals surface area contributed by atoms with Gasteiger partial charge in [0.1, 0.15) is 6.10 Å². The molecule has 0 radical (unpaired) electrons. The Bertz CT molecular complexity index is 427. The SMILES string of the molecule is O=C(OC1CSCCSCCCSCCSC1)c1ccccc1. The lowest BCUT2D eigenvalue weighted by atomic mass is 10.2. The fourth-order valence-electron chi connectivity index (χ4n) is 2.04. The van der Waals surface area contributed by atoms with Crippen LogP contribution in [0, 0.1) is 0 Å². The zero-order chi connectivity index (χ0) is 16.2. The molecular formula is C17H24O2S4. The lowest BCUT2D eigenvalue weighted by Crippen LogP contribution is -2.24. The molecule has 0 spiro atoms. The van der Waals surface area contributed by atoms with Crippen molar-refractivity contribution in [2.45, 2.75) is 12.5 Å². The van der Waals surface area contributed by atoms with Crippen molar-refractivity contribution < 1.29 is 9.53 Å². The molecule has 0 atom stereocenters. The summed E-state index contributed by atoms with van der Waals surface area (Å²) in [5, 5.41) is 0. The van der Waals surface area contributed by atoms with Crippen LogP contribution in [0.2, 0.25) is 0 Å². The fraction of sp³-hybridized carbons (Fsp3) is 0.588. The maximum Gasteiger partial charge on any atom is 0.338 e. The summed E-state index contributed by atoms with van der Waals surface area (Å²) in [5.41, 5.74) is 0.646. The summed E-state index contributed by atoms with van der Waals surface area (Å²) in [5.74, 6) is 8.83. The molecule has 0 amide bonds. The van der Waals surface area contributed by atoms with Gasteiger partial charge in [-0.05, 0) is 30.1 Å². The lowest BCUT2D eigenvalue weighted by molar-refractivity contribution is 0.0394. The van der Waals surface area contributed by atoms with Crippen LogP contribution in [0.4, 0.5) is 0 Å². The van der Waals surface area contributed by atoms with Crippen molar-refractivity contribution in [2.24, 2.45) is 0 Å². The number of ether oxygens (including phenoxy) is 1. The van der Waals surface area contributed by atoms with Gasteiger partial charge < -0.3 is 4.74 Å². The van der Waals surface area contributed by atoms with Crippen molar-refractivity contribution in [3.05, 3.63) is 35.9 Å². The fourth-order valence-corrected chi connectivity index (χ4v) is 6.60. The van der Waals surface area contributed by atoms with Crippen LogP contribution in [0.25, 0.3) is 0 Å². The van der Waals surface area contributed by atoms with E-state index in [1.807, 2.05) is 77.4 Å². The highest BCUT2D eigenvalue weighted by Crippen LogP contribution is 2.18. The van der Waals surface area contributed by atoms with Gasteiger partial charge in [0.25, 0.3) is 0 Å². The van der Waals surface area contributed by atoms with Crippen molar-refractivity contribution in [1.29, 1.82) is 0 Å². The smallest absolute Gasteiger partial charge is 0.338 e. The molecule has 23 heavy (non-hydrogen) atoms. The first-order valence-electron chi connectivity index (χ1n) is 7.93. The minimum atomic E-state index is -0.193. The van der Waals surface area contributed by atoms with Crippen molar-refractivity contribution >= 4 is 53.0 Å². The molecule has 0 N–H and O–H groups in total. The van der Waals surface area contributed by atoms with E-state index in [1.54, 1.807) is 0 Å². The number of hydrogen-bond donors (Lipinski definition) is 0. The molecule has 0 unspecified atom stereocenters. The number of rotatable bonds is 2. The number of thioether (sulfide) groups is 4. The Morgan fingerprint density at radius 2 is 1.39 bits per heavy atom. The van der Waals surface area contributed by atoms with Gasteiger partial charge in [0.2, 0.25) is 0 Å². The summed E-state index contributed by atoms with van der Waals surface area (Å²) in [4.78, 5) is 12.2.